The van der Waals surface area contributed by atoms with Gasteiger partial charge in [0.2, 0.25) is 0 Å². The molecule has 0 unspecified atom stereocenters. The van der Waals surface area contributed by atoms with Crippen LogP contribution in [0.15, 0.2) is 48.5 Å². The molecule has 1 aliphatic rings. The van der Waals surface area contributed by atoms with Gasteiger partial charge >= 0.3 is 0 Å². The zero-order chi connectivity index (χ0) is 16.6. The molecule has 0 saturated carbocycles. The molecule has 23 heavy (non-hydrogen) atoms. The van der Waals surface area contributed by atoms with Gasteiger partial charge in [-0.3, -0.25) is 14.4 Å². The maximum atomic E-state index is 12.4. The monoisotopic (exact) mass is 309 g/mol. The SMILES string of the molecule is CC(=O)[C@@H](C)Oc1ccc(N2C(=O)c3ccccc3C2=O)cc1. The Balaban J connectivity index is 1.85. The number of fused-ring (bicyclic) bond motifs is 1. The highest BCUT2D eigenvalue weighted by Gasteiger charge is 2.36. The molecule has 2 aromatic carbocycles. The van der Waals surface area contributed by atoms with Gasteiger partial charge in [0.25, 0.3) is 11.8 Å². The van der Waals surface area contributed by atoms with Crippen molar-refractivity contribution in [2.75, 3.05) is 4.90 Å². The lowest BCUT2D eigenvalue weighted by Crippen LogP contribution is -2.29. The Morgan fingerprint density at radius 1 is 0.957 bits per heavy atom. The molecule has 2 aromatic rings. The Kier molecular flexibility index (Phi) is 3.70. The molecule has 0 fully saturated rings. The minimum atomic E-state index is -0.542. The Morgan fingerprint density at radius 2 is 1.48 bits per heavy atom. The Labute approximate surface area is 133 Å². The van der Waals surface area contributed by atoms with Gasteiger partial charge in [-0.1, -0.05) is 12.1 Å². The van der Waals surface area contributed by atoms with Crippen LogP contribution in [0.5, 0.6) is 5.75 Å². The topological polar surface area (TPSA) is 63.7 Å². The fourth-order valence-corrected chi connectivity index (χ4v) is 2.38. The first-order valence-electron chi connectivity index (χ1n) is 7.24. The van der Waals surface area contributed by atoms with E-state index in [1.165, 1.54) is 6.92 Å². The van der Waals surface area contributed by atoms with Gasteiger partial charge in [-0.2, -0.15) is 0 Å². The molecule has 1 heterocycles. The predicted molar refractivity (Wildman–Crippen MR) is 84.8 cm³/mol. The third-order valence-corrected chi connectivity index (χ3v) is 3.77. The van der Waals surface area contributed by atoms with E-state index in [-0.39, 0.29) is 17.6 Å². The van der Waals surface area contributed by atoms with Crippen LogP contribution in [0.2, 0.25) is 0 Å². The summed E-state index contributed by atoms with van der Waals surface area (Å²) in [6, 6.07) is 13.3. The summed E-state index contributed by atoms with van der Waals surface area (Å²) in [4.78, 5) is 37.1. The normalized spacial score (nSPS) is 14.6. The van der Waals surface area contributed by atoms with Crippen LogP contribution in [0.3, 0.4) is 0 Å². The van der Waals surface area contributed by atoms with Gasteiger partial charge in [0.1, 0.15) is 5.75 Å². The number of carbonyl (C=O) groups excluding carboxylic acids is 3. The molecule has 1 aliphatic heterocycles. The molecular formula is C18H15NO4. The summed E-state index contributed by atoms with van der Waals surface area (Å²) in [5, 5.41) is 0. The number of imide groups is 1. The molecule has 0 aromatic heterocycles. The maximum Gasteiger partial charge on any atom is 0.266 e. The maximum absolute atomic E-state index is 12.4. The van der Waals surface area contributed by atoms with E-state index in [9.17, 15) is 14.4 Å². The second kappa shape index (κ2) is 5.68. The molecule has 1 atom stereocenters. The third-order valence-electron chi connectivity index (χ3n) is 3.77. The van der Waals surface area contributed by atoms with E-state index in [2.05, 4.69) is 0 Å². The van der Waals surface area contributed by atoms with E-state index in [0.717, 1.165) is 4.90 Å². The van der Waals surface area contributed by atoms with Crippen molar-refractivity contribution in [2.24, 2.45) is 0 Å². The molecule has 5 nitrogen and oxygen atoms in total. The number of anilines is 1. The Morgan fingerprint density at radius 3 is 1.96 bits per heavy atom. The Hall–Kier alpha value is -2.95. The van der Waals surface area contributed by atoms with E-state index in [1.54, 1.807) is 55.5 Å². The number of hydrogen-bond donors (Lipinski definition) is 0. The number of ketones is 1. The minimum absolute atomic E-state index is 0.0746. The van der Waals surface area contributed by atoms with Crippen molar-refractivity contribution in [2.45, 2.75) is 20.0 Å². The smallest absolute Gasteiger partial charge is 0.266 e. The van der Waals surface area contributed by atoms with Crippen molar-refractivity contribution >= 4 is 23.3 Å². The van der Waals surface area contributed by atoms with Crippen LogP contribution < -0.4 is 9.64 Å². The van der Waals surface area contributed by atoms with Gasteiger partial charge in [0.05, 0.1) is 16.8 Å². The van der Waals surface area contributed by atoms with Crippen molar-refractivity contribution in [3.05, 3.63) is 59.7 Å². The highest BCUT2D eigenvalue weighted by atomic mass is 16.5. The molecule has 0 spiro atoms. The lowest BCUT2D eigenvalue weighted by Gasteiger charge is -2.16. The van der Waals surface area contributed by atoms with Crippen molar-refractivity contribution in [3.8, 4) is 5.75 Å². The molecule has 5 heteroatoms. The standard InChI is InChI=1S/C18H15NO4/c1-11(20)12(2)23-14-9-7-13(8-10-14)19-17(21)15-5-3-4-6-16(15)18(19)22/h3-10,12H,1-2H3/t12-/m1/s1. The second-order valence-electron chi connectivity index (χ2n) is 5.36. The summed E-state index contributed by atoms with van der Waals surface area (Å²) in [6.45, 7) is 3.12. The van der Waals surface area contributed by atoms with Gasteiger partial charge in [0.15, 0.2) is 11.9 Å². The van der Waals surface area contributed by atoms with Crippen LogP contribution in [-0.4, -0.2) is 23.7 Å². The van der Waals surface area contributed by atoms with Crippen molar-refractivity contribution < 1.29 is 19.1 Å². The molecule has 0 saturated heterocycles. The van der Waals surface area contributed by atoms with E-state index in [4.69, 9.17) is 4.74 Å². The predicted octanol–water partition coefficient (Wildman–Crippen LogP) is 2.84. The number of amides is 2. The summed E-state index contributed by atoms with van der Waals surface area (Å²) in [6.07, 6.45) is -0.542. The lowest BCUT2D eigenvalue weighted by atomic mass is 10.1. The van der Waals surface area contributed by atoms with E-state index < -0.39 is 6.10 Å². The first kappa shape index (κ1) is 15.0. The number of ether oxygens (including phenoxy) is 1. The lowest BCUT2D eigenvalue weighted by molar-refractivity contribution is -0.122. The molecule has 2 amide bonds. The van der Waals surface area contributed by atoms with Crippen LogP contribution in [0.25, 0.3) is 0 Å². The van der Waals surface area contributed by atoms with Gasteiger partial charge < -0.3 is 4.74 Å². The van der Waals surface area contributed by atoms with Crippen molar-refractivity contribution in [3.63, 3.8) is 0 Å². The number of benzene rings is 2. The quantitative estimate of drug-likeness (QED) is 0.815. The molecule has 0 aliphatic carbocycles. The summed E-state index contributed by atoms with van der Waals surface area (Å²) < 4.78 is 5.47. The number of rotatable bonds is 4. The van der Waals surface area contributed by atoms with E-state index >= 15 is 0 Å². The van der Waals surface area contributed by atoms with Crippen molar-refractivity contribution in [1.29, 1.82) is 0 Å². The fraction of sp³-hybridized carbons (Fsp3) is 0.167. The Bertz CT molecular complexity index is 760. The number of nitrogens with zero attached hydrogens (tertiary/aromatic N) is 1. The molecule has 0 bridgehead atoms. The van der Waals surface area contributed by atoms with E-state index in [1.807, 2.05) is 0 Å². The van der Waals surface area contributed by atoms with Crippen LogP contribution in [-0.2, 0) is 4.79 Å². The van der Waals surface area contributed by atoms with Gasteiger partial charge in [0, 0.05) is 0 Å². The minimum Gasteiger partial charge on any atom is -0.483 e. The molecule has 3 rings (SSSR count). The fourth-order valence-electron chi connectivity index (χ4n) is 2.38. The molecule has 0 radical (unpaired) electrons. The average Bonchev–Trinajstić information content (AvgIpc) is 2.80. The average molecular weight is 309 g/mol. The second-order valence-corrected chi connectivity index (χ2v) is 5.36. The highest BCUT2D eigenvalue weighted by molar-refractivity contribution is 6.34. The molecule has 116 valence electrons. The third kappa shape index (κ3) is 2.61. The number of hydrogen-bond acceptors (Lipinski definition) is 4. The highest BCUT2D eigenvalue weighted by Crippen LogP contribution is 2.29. The molecule has 0 N–H and O–H groups in total. The van der Waals surface area contributed by atoms with Crippen LogP contribution >= 0.6 is 0 Å². The van der Waals surface area contributed by atoms with Crippen LogP contribution in [0, 0.1) is 0 Å². The zero-order valence-electron chi connectivity index (χ0n) is 12.8. The largest absolute Gasteiger partial charge is 0.483 e. The summed E-state index contributed by atoms with van der Waals surface area (Å²) in [7, 11) is 0. The number of Topliss-reactive ketones (excluding diaryl/α,β-unsaturated/α-hetero) is 1. The van der Waals surface area contributed by atoms with Crippen LogP contribution in [0.1, 0.15) is 34.6 Å². The summed E-state index contributed by atoms with van der Waals surface area (Å²) >= 11 is 0. The van der Waals surface area contributed by atoms with Gasteiger partial charge in [-0.25, -0.2) is 4.90 Å². The first-order chi connectivity index (χ1) is 11.0. The summed E-state index contributed by atoms with van der Waals surface area (Å²) in [5.74, 6) is -0.241. The van der Waals surface area contributed by atoms with Crippen LogP contribution in [0.4, 0.5) is 5.69 Å². The van der Waals surface area contributed by atoms with E-state index in [0.29, 0.717) is 22.6 Å². The van der Waals surface area contributed by atoms with Gasteiger partial charge in [-0.05, 0) is 50.2 Å². The number of carbonyl (C=O) groups is 3. The van der Waals surface area contributed by atoms with Gasteiger partial charge in [-0.15, -0.1) is 0 Å². The zero-order valence-corrected chi connectivity index (χ0v) is 12.8. The first-order valence-corrected chi connectivity index (χ1v) is 7.24. The molecular weight excluding hydrogens is 294 g/mol. The van der Waals surface area contributed by atoms with Crippen molar-refractivity contribution in [1.82, 2.24) is 0 Å². The summed E-state index contributed by atoms with van der Waals surface area (Å²) in [5.41, 5.74) is 1.28.